The molecule has 0 spiro atoms. The lowest BCUT2D eigenvalue weighted by Crippen LogP contribution is -2.44. The number of nitrogens with two attached hydrogens (primary N) is 1. The van der Waals surface area contributed by atoms with E-state index in [0.717, 1.165) is 6.42 Å². The van der Waals surface area contributed by atoms with Crippen molar-refractivity contribution in [2.75, 3.05) is 46.6 Å². The van der Waals surface area contributed by atoms with Crippen LogP contribution in [0.3, 0.4) is 0 Å². The molecule has 0 saturated carbocycles. The average molecular weight is 287 g/mol. The van der Waals surface area contributed by atoms with E-state index in [-0.39, 0.29) is 11.8 Å². The summed E-state index contributed by atoms with van der Waals surface area (Å²) < 4.78 is 10.1. The molecule has 1 fully saturated rings. The van der Waals surface area contributed by atoms with Gasteiger partial charge in [-0.05, 0) is 12.8 Å². The number of nitrogens with one attached hydrogen (secondary N) is 1. The maximum Gasteiger partial charge on any atom is 0.236 e. The van der Waals surface area contributed by atoms with Crippen LogP contribution in [-0.4, -0.2) is 69.3 Å². The minimum atomic E-state index is -0.538. The van der Waals surface area contributed by atoms with Crippen LogP contribution < -0.4 is 11.1 Å². The van der Waals surface area contributed by atoms with Gasteiger partial charge in [-0.3, -0.25) is 9.59 Å². The molecule has 3 N–H and O–H groups in total. The molecule has 1 rings (SSSR count). The van der Waals surface area contributed by atoms with Crippen LogP contribution in [-0.2, 0) is 19.1 Å². The Morgan fingerprint density at radius 3 is 2.75 bits per heavy atom. The molecule has 1 unspecified atom stereocenters. The third kappa shape index (κ3) is 6.31. The lowest BCUT2D eigenvalue weighted by atomic mass is 10.1. The van der Waals surface area contributed by atoms with E-state index in [0.29, 0.717) is 52.3 Å². The summed E-state index contributed by atoms with van der Waals surface area (Å²) in [5, 5.41) is 2.70. The van der Waals surface area contributed by atoms with Crippen molar-refractivity contribution < 1.29 is 19.1 Å². The maximum absolute atomic E-state index is 11.8. The summed E-state index contributed by atoms with van der Waals surface area (Å²) in [6, 6.07) is -0.538. The molecule has 1 atom stereocenters. The Balaban J connectivity index is 2.12. The second-order valence-corrected chi connectivity index (χ2v) is 4.78. The predicted octanol–water partition coefficient (Wildman–Crippen LogP) is -0.895. The minimum Gasteiger partial charge on any atom is -0.385 e. The van der Waals surface area contributed by atoms with E-state index in [1.807, 2.05) is 0 Å². The zero-order chi connectivity index (χ0) is 14.8. The first-order valence-corrected chi connectivity index (χ1v) is 7.03. The second-order valence-electron chi connectivity index (χ2n) is 4.78. The van der Waals surface area contributed by atoms with E-state index in [4.69, 9.17) is 15.2 Å². The number of hydrogen-bond acceptors (Lipinski definition) is 5. The highest BCUT2D eigenvalue weighted by molar-refractivity contribution is 5.82. The number of rotatable bonds is 8. The number of hydrogen-bond donors (Lipinski definition) is 2. The molecule has 7 nitrogen and oxygen atoms in total. The van der Waals surface area contributed by atoms with Gasteiger partial charge >= 0.3 is 0 Å². The summed E-state index contributed by atoms with van der Waals surface area (Å²) in [6.07, 6.45) is 1.63. The van der Waals surface area contributed by atoms with Gasteiger partial charge in [0.05, 0.1) is 19.3 Å². The predicted molar refractivity (Wildman–Crippen MR) is 74.1 cm³/mol. The Hall–Kier alpha value is -1.18. The van der Waals surface area contributed by atoms with E-state index < -0.39 is 6.04 Å². The Kier molecular flexibility index (Phi) is 8.17. The van der Waals surface area contributed by atoms with Gasteiger partial charge in [-0.1, -0.05) is 0 Å². The molecule has 2 amide bonds. The molecule has 1 aliphatic heterocycles. The molecule has 0 aliphatic carbocycles. The van der Waals surface area contributed by atoms with Crippen molar-refractivity contribution in [1.29, 1.82) is 0 Å². The smallest absolute Gasteiger partial charge is 0.236 e. The van der Waals surface area contributed by atoms with Gasteiger partial charge in [-0.15, -0.1) is 0 Å². The number of nitrogens with zero attached hydrogens (tertiary/aromatic N) is 1. The number of carbonyl (C=O) groups is 2. The summed E-state index contributed by atoms with van der Waals surface area (Å²) in [4.78, 5) is 25.3. The third-order valence-corrected chi connectivity index (χ3v) is 3.20. The molecule has 20 heavy (non-hydrogen) atoms. The standard InChI is InChI=1S/C13H25N3O4/c1-19-8-2-3-11(14)13(18)15-5-4-12(17)16-6-9-20-10-7-16/h11H,2-10,14H2,1H3,(H,15,18). The normalized spacial score (nSPS) is 16.8. The first-order chi connectivity index (χ1) is 9.65. The molecule has 7 heteroatoms. The van der Waals surface area contributed by atoms with Gasteiger partial charge in [-0.2, -0.15) is 0 Å². The number of amides is 2. The van der Waals surface area contributed by atoms with Crippen LogP contribution in [0, 0.1) is 0 Å². The lowest BCUT2D eigenvalue weighted by molar-refractivity contribution is -0.135. The Bertz CT molecular complexity index is 306. The maximum atomic E-state index is 11.8. The summed E-state index contributed by atoms with van der Waals surface area (Å²) >= 11 is 0. The highest BCUT2D eigenvalue weighted by atomic mass is 16.5. The molecule has 0 radical (unpaired) electrons. The summed E-state index contributed by atoms with van der Waals surface area (Å²) in [5.41, 5.74) is 5.74. The van der Waals surface area contributed by atoms with Crippen LogP contribution in [0.2, 0.25) is 0 Å². The highest BCUT2D eigenvalue weighted by Crippen LogP contribution is 2.00. The molecule has 1 heterocycles. The molecule has 1 saturated heterocycles. The van der Waals surface area contributed by atoms with Gasteiger partial charge in [0.25, 0.3) is 0 Å². The fourth-order valence-electron chi connectivity index (χ4n) is 1.97. The number of ether oxygens (including phenoxy) is 2. The lowest BCUT2D eigenvalue weighted by Gasteiger charge is -2.26. The van der Waals surface area contributed by atoms with E-state index in [9.17, 15) is 9.59 Å². The largest absolute Gasteiger partial charge is 0.385 e. The molecule has 0 aromatic heterocycles. The first-order valence-electron chi connectivity index (χ1n) is 7.03. The average Bonchev–Trinajstić information content (AvgIpc) is 2.48. The second kappa shape index (κ2) is 9.68. The van der Waals surface area contributed by atoms with Crippen molar-refractivity contribution in [2.24, 2.45) is 5.73 Å². The third-order valence-electron chi connectivity index (χ3n) is 3.20. The van der Waals surface area contributed by atoms with E-state index >= 15 is 0 Å². The van der Waals surface area contributed by atoms with Gasteiger partial charge in [-0.25, -0.2) is 0 Å². The number of carbonyl (C=O) groups excluding carboxylic acids is 2. The molecule has 1 aliphatic rings. The van der Waals surface area contributed by atoms with Gasteiger partial charge < -0.3 is 25.4 Å². The fourth-order valence-corrected chi connectivity index (χ4v) is 1.97. The quantitative estimate of drug-likeness (QED) is 0.565. The fraction of sp³-hybridized carbons (Fsp3) is 0.846. The topological polar surface area (TPSA) is 93.9 Å². The van der Waals surface area contributed by atoms with Crippen molar-refractivity contribution in [3.8, 4) is 0 Å². The van der Waals surface area contributed by atoms with Gasteiger partial charge in [0, 0.05) is 39.8 Å². The number of methoxy groups -OCH3 is 1. The molecular weight excluding hydrogens is 262 g/mol. The van der Waals surface area contributed by atoms with Crippen molar-refractivity contribution in [3.05, 3.63) is 0 Å². The van der Waals surface area contributed by atoms with E-state index in [2.05, 4.69) is 5.32 Å². The van der Waals surface area contributed by atoms with Gasteiger partial charge in [0.1, 0.15) is 0 Å². The van der Waals surface area contributed by atoms with Gasteiger partial charge in [0.15, 0.2) is 0 Å². The van der Waals surface area contributed by atoms with Crippen LogP contribution in [0.5, 0.6) is 0 Å². The first kappa shape index (κ1) is 16.9. The Morgan fingerprint density at radius 1 is 1.40 bits per heavy atom. The number of morpholine rings is 1. The monoisotopic (exact) mass is 287 g/mol. The van der Waals surface area contributed by atoms with Crippen LogP contribution >= 0.6 is 0 Å². The molecular formula is C13H25N3O4. The summed E-state index contributed by atoms with van der Waals surface area (Å²) in [6.45, 7) is 3.35. The van der Waals surface area contributed by atoms with Crippen LogP contribution in [0.1, 0.15) is 19.3 Å². The zero-order valence-electron chi connectivity index (χ0n) is 12.1. The Labute approximate surface area is 119 Å². The van der Waals surface area contributed by atoms with E-state index in [1.54, 1.807) is 12.0 Å². The van der Waals surface area contributed by atoms with Crippen molar-refractivity contribution >= 4 is 11.8 Å². The zero-order valence-corrected chi connectivity index (χ0v) is 12.1. The minimum absolute atomic E-state index is 0.0431. The van der Waals surface area contributed by atoms with Crippen LogP contribution in [0.15, 0.2) is 0 Å². The van der Waals surface area contributed by atoms with Gasteiger partial charge in [0.2, 0.25) is 11.8 Å². The van der Waals surface area contributed by atoms with Crippen molar-refractivity contribution in [2.45, 2.75) is 25.3 Å². The summed E-state index contributed by atoms with van der Waals surface area (Å²) in [7, 11) is 1.61. The van der Waals surface area contributed by atoms with Crippen LogP contribution in [0.4, 0.5) is 0 Å². The SMILES string of the molecule is COCCCC(N)C(=O)NCCC(=O)N1CCOCC1. The van der Waals surface area contributed by atoms with Crippen molar-refractivity contribution in [1.82, 2.24) is 10.2 Å². The molecule has 0 bridgehead atoms. The van der Waals surface area contributed by atoms with Crippen molar-refractivity contribution in [3.63, 3.8) is 0 Å². The molecule has 0 aromatic rings. The summed E-state index contributed by atoms with van der Waals surface area (Å²) in [5.74, 6) is -0.169. The molecule has 116 valence electrons. The van der Waals surface area contributed by atoms with Crippen LogP contribution in [0.25, 0.3) is 0 Å². The Morgan fingerprint density at radius 2 is 2.10 bits per heavy atom. The van der Waals surface area contributed by atoms with E-state index in [1.165, 1.54) is 0 Å². The molecule has 0 aromatic carbocycles. The highest BCUT2D eigenvalue weighted by Gasteiger charge is 2.17.